The highest BCUT2D eigenvalue weighted by atomic mass is 19.1. The first-order chi connectivity index (χ1) is 10.4. The van der Waals surface area contributed by atoms with Crippen LogP contribution in [0.25, 0.3) is 21.3 Å². The zero-order valence-electron chi connectivity index (χ0n) is 10.8. The summed E-state index contributed by atoms with van der Waals surface area (Å²) in [6, 6.07) is 0.561. The molecule has 1 heterocycles. The second kappa shape index (κ2) is 5.78. The molecule has 1 aromatic carbocycles. The molecule has 10 heteroatoms. The Hall–Kier alpha value is -3.00. The van der Waals surface area contributed by atoms with Crippen LogP contribution in [0.1, 0.15) is 10.4 Å². The number of aromatic nitrogens is 1. The van der Waals surface area contributed by atoms with Gasteiger partial charge >= 0.3 is 5.97 Å². The number of pyridine rings is 1. The van der Waals surface area contributed by atoms with Gasteiger partial charge < -0.3 is 9.67 Å². The van der Waals surface area contributed by atoms with E-state index >= 15 is 0 Å². The normalized spacial score (nSPS) is 10.5. The number of hydrogen-bond acceptors (Lipinski definition) is 3. The molecule has 0 bridgehead atoms. The van der Waals surface area contributed by atoms with Crippen LogP contribution in [0.5, 0.6) is 0 Å². The van der Waals surface area contributed by atoms with Crippen molar-refractivity contribution >= 4 is 22.6 Å². The molecule has 0 saturated carbocycles. The molecule has 22 heavy (non-hydrogen) atoms. The SMILES string of the molecule is [N-]=[N+]=Nc1c(F)cc2c(=O)c(C(=O)O)cn(CCF)c2c1F. The van der Waals surface area contributed by atoms with Crippen molar-refractivity contribution in [2.75, 3.05) is 6.67 Å². The minimum Gasteiger partial charge on any atom is -0.477 e. The summed E-state index contributed by atoms with van der Waals surface area (Å²) in [5, 5.41) is 11.2. The van der Waals surface area contributed by atoms with E-state index in [1.54, 1.807) is 0 Å². The first-order valence-corrected chi connectivity index (χ1v) is 5.81. The summed E-state index contributed by atoms with van der Waals surface area (Å²) in [5.41, 5.74) is 4.92. The largest absolute Gasteiger partial charge is 0.477 e. The van der Waals surface area contributed by atoms with Crippen molar-refractivity contribution in [2.45, 2.75) is 6.54 Å². The molecule has 0 aliphatic rings. The van der Waals surface area contributed by atoms with Crippen LogP contribution in [0.4, 0.5) is 18.9 Å². The van der Waals surface area contributed by atoms with Gasteiger partial charge in [-0.15, -0.1) is 0 Å². The number of hydrogen-bond donors (Lipinski definition) is 1. The molecule has 2 aromatic rings. The third kappa shape index (κ3) is 2.35. The van der Waals surface area contributed by atoms with Crippen molar-refractivity contribution in [3.05, 3.63) is 50.1 Å². The monoisotopic (exact) mass is 312 g/mol. The lowest BCUT2D eigenvalue weighted by molar-refractivity contribution is 0.0694. The van der Waals surface area contributed by atoms with Crippen LogP contribution >= 0.6 is 0 Å². The number of carbonyl (C=O) groups is 1. The van der Waals surface area contributed by atoms with E-state index in [-0.39, 0.29) is 0 Å². The van der Waals surface area contributed by atoms with Gasteiger partial charge in [-0.05, 0) is 11.6 Å². The molecule has 0 fully saturated rings. The Labute approximate surface area is 119 Å². The fourth-order valence-corrected chi connectivity index (χ4v) is 2.03. The maximum atomic E-state index is 14.3. The van der Waals surface area contributed by atoms with E-state index in [1.165, 1.54) is 0 Å². The van der Waals surface area contributed by atoms with Gasteiger partial charge in [-0.1, -0.05) is 5.11 Å². The average molecular weight is 312 g/mol. The Morgan fingerprint density at radius 1 is 1.45 bits per heavy atom. The van der Waals surface area contributed by atoms with Gasteiger partial charge in [0.15, 0.2) is 5.82 Å². The summed E-state index contributed by atoms with van der Waals surface area (Å²) in [6.45, 7) is -1.44. The zero-order chi connectivity index (χ0) is 16.4. The second-order valence-corrected chi connectivity index (χ2v) is 4.17. The van der Waals surface area contributed by atoms with Crippen LogP contribution in [-0.2, 0) is 6.54 Å². The lowest BCUT2D eigenvalue weighted by Gasteiger charge is -2.12. The molecule has 114 valence electrons. The molecule has 0 radical (unpaired) electrons. The third-order valence-electron chi connectivity index (χ3n) is 2.93. The number of azide groups is 1. The highest BCUT2D eigenvalue weighted by Gasteiger charge is 2.21. The molecule has 7 nitrogen and oxygen atoms in total. The molecule has 0 aliphatic carbocycles. The summed E-state index contributed by atoms with van der Waals surface area (Å²) in [6.07, 6.45) is 0.757. The standard InChI is InChI=1S/C12H7F3N4O3/c13-1-2-19-4-6(12(21)22)11(20)5-3-7(14)9(17-18-16)8(15)10(5)19/h3-4H,1-2H2,(H,21,22). The number of aryl methyl sites for hydroxylation is 1. The average Bonchev–Trinajstić information content (AvgIpc) is 2.46. The maximum Gasteiger partial charge on any atom is 0.341 e. The molecular weight excluding hydrogens is 305 g/mol. The first kappa shape index (κ1) is 15.4. The zero-order valence-corrected chi connectivity index (χ0v) is 10.8. The van der Waals surface area contributed by atoms with Gasteiger partial charge in [-0.25, -0.2) is 18.0 Å². The second-order valence-electron chi connectivity index (χ2n) is 4.17. The van der Waals surface area contributed by atoms with Gasteiger partial charge in [0.2, 0.25) is 5.43 Å². The van der Waals surface area contributed by atoms with Crippen molar-refractivity contribution in [2.24, 2.45) is 5.11 Å². The number of nitrogens with zero attached hydrogens (tertiary/aromatic N) is 4. The lowest BCUT2D eigenvalue weighted by atomic mass is 10.1. The summed E-state index contributed by atoms with van der Waals surface area (Å²) in [5.74, 6) is -4.30. The van der Waals surface area contributed by atoms with Gasteiger partial charge in [0.25, 0.3) is 0 Å². The maximum absolute atomic E-state index is 14.3. The van der Waals surface area contributed by atoms with Gasteiger partial charge in [0, 0.05) is 11.1 Å². The Kier molecular flexibility index (Phi) is 4.04. The van der Waals surface area contributed by atoms with Crippen molar-refractivity contribution in [3.63, 3.8) is 0 Å². The summed E-state index contributed by atoms with van der Waals surface area (Å²) in [7, 11) is 0. The van der Waals surface area contributed by atoms with E-state index in [4.69, 9.17) is 10.6 Å². The van der Waals surface area contributed by atoms with Crippen molar-refractivity contribution in [3.8, 4) is 0 Å². The van der Waals surface area contributed by atoms with Crippen LogP contribution in [-0.4, -0.2) is 22.3 Å². The lowest BCUT2D eigenvalue weighted by Crippen LogP contribution is -2.20. The van der Waals surface area contributed by atoms with E-state index in [1.807, 2.05) is 0 Å². The van der Waals surface area contributed by atoms with Crippen molar-refractivity contribution in [1.82, 2.24) is 4.57 Å². The highest BCUT2D eigenvalue weighted by Crippen LogP contribution is 2.29. The molecule has 1 aromatic heterocycles. The topological polar surface area (TPSA) is 108 Å². The van der Waals surface area contributed by atoms with E-state index in [2.05, 4.69) is 10.0 Å². The first-order valence-electron chi connectivity index (χ1n) is 5.81. The van der Waals surface area contributed by atoms with Crippen LogP contribution in [0, 0.1) is 11.6 Å². The number of carboxylic acid groups (broad SMARTS) is 1. The molecule has 0 aliphatic heterocycles. The van der Waals surface area contributed by atoms with E-state index < -0.39 is 58.4 Å². The molecule has 1 N–H and O–H groups in total. The van der Waals surface area contributed by atoms with E-state index in [0.29, 0.717) is 6.07 Å². The molecule has 0 amide bonds. The molecular formula is C12H7F3N4O3. The summed E-state index contributed by atoms with van der Waals surface area (Å²) < 4.78 is 41.4. The van der Waals surface area contributed by atoms with Gasteiger partial charge in [0.05, 0.1) is 17.4 Å². The Morgan fingerprint density at radius 3 is 2.68 bits per heavy atom. The Morgan fingerprint density at radius 2 is 2.14 bits per heavy atom. The van der Waals surface area contributed by atoms with Crippen LogP contribution < -0.4 is 5.43 Å². The predicted molar refractivity (Wildman–Crippen MR) is 69.9 cm³/mol. The quantitative estimate of drug-likeness (QED) is 0.532. The number of aromatic carboxylic acids is 1. The van der Waals surface area contributed by atoms with Gasteiger partial charge in [-0.3, -0.25) is 4.79 Å². The number of alkyl halides is 1. The molecule has 0 unspecified atom stereocenters. The van der Waals surface area contributed by atoms with Crippen LogP contribution in [0.3, 0.4) is 0 Å². The smallest absolute Gasteiger partial charge is 0.341 e. The summed E-state index contributed by atoms with van der Waals surface area (Å²) in [4.78, 5) is 25.2. The minimum atomic E-state index is -1.61. The Bertz CT molecular complexity index is 888. The fourth-order valence-electron chi connectivity index (χ4n) is 2.03. The number of benzene rings is 1. The van der Waals surface area contributed by atoms with Crippen LogP contribution in [0.2, 0.25) is 0 Å². The summed E-state index contributed by atoms with van der Waals surface area (Å²) >= 11 is 0. The van der Waals surface area contributed by atoms with Crippen molar-refractivity contribution < 1.29 is 23.1 Å². The van der Waals surface area contributed by atoms with Gasteiger partial charge in [0.1, 0.15) is 23.7 Å². The van der Waals surface area contributed by atoms with Crippen LogP contribution in [0.15, 0.2) is 22.2 Å². The number of halogens is 3. The number of carboxylic acids is 1. The van der Waals surface area contributed by atoms with Gasteiger partial charge in [-0.2, -0.15) is 0 Å². The number of fused-ring (bicyclic) bond motifs is 1. The van der Waals surface area contributed by atoms with Crippen molar-refractivity contribution in [1.29, 1.82) is 0 Å². The molecule has 0 spiro atoms. The fraction of sp³-hybridized carbons (Fsp3) is 0.167. The minimum absolute atomic E-state index is 0.463. The van der Waals surface area contributed by atoms with E-state index in [0.717, 1.165) is 10.8 Å². The molecule has 0 saturated heterocycles. The molecule has 0 atom stereocenters. The number of rotatable bonds is 4. The van der Waals surface area contributed by atoms with E-state index in [9.17, 15) is 22.8 Å². The molecule has 2 rings (SSSR count). The predicted octanol–water partition coefficient (Wildman–Crippen LogP) is 2.89. The Balaban J connectivity index is 3.05. The highest BCUT2D eigenvalue weighted by molar-refractivity contribution is 5.93. The third-order valence-corrected chi connectivity index (χ3v) is 2.93.